The van der Waals surface area contributed by atoms with Gasteiger partial charge in [-0.2, -0.15) is 5.26 Å². The minimum atomic E-state index is -1.39. The Kier molecular flexibility index (Phi) is 10.5. The van der Waals surface area contributed by atoms with Crippen LogP contribution in [0.5, 0.6) is 0 Å². The highest BCUT2D eigenvalue weighted by molar-refractivity contribution is 6.67. The molecule has 0 aromatic heterocycles. The fourth-order valence-electron chi connectivity index (χ4n) is 0.0896. The molecule has 1 nitrogen and oxygen atoms in total. The van der Waals surface area contributed by atoms with E-state index in [0.29, 0.717) is 0 Å². The molecule has 66 valence electrons. The Morgan fingerprint density at radius 2 is 1.45 bits per heavy atom. The highest BCUT2D eigenvalue weighted by Gasteiger charge is 2.17. The van der Waals surface area contributed by atoms with Gasteiger partial charge in [-0.05, 0) is 0 Å². The van der Waals surface area contributed by atoms with Crippen LogP contribution in [0.15, 0.2) is 0 Å². The molecule has 0 heterocycles. The molecule has 0 aliphatic rings. The molecule has 7 heteroatoms. The van der Waals surface area contributed by atoms with Crippen LogP contribution in [-0.2, 0) is 0 Å². The Morgan fingerprint density at radius 1 is 1.18 bits per heavy atom. The minimum Gasteiger partial charge on any atom is -0.198 e. The van der Waals surface area contributed by atoms with Crippen molar-refractivity contribution in [1.29, 1.82) is 5.26 Å². The van der Waals surface area contributed by atoms with E-state index in [1.165, 1.54) is 0 Å². The Bertz CT molecular complexity index is 119. The van der Waals surface area contributed by atoms with Crippen molar-refractivity contribution >= 4 is 69.6 Å². The molecule has 0 aliphatic carbocycles. The topological polar surface area (TPSA) is 23.8 Å². The van der Waals surface area contributed by atoms with E-state index in [9.17, 15) is 0 Å². The summed E-state index contributed by atoms with van der Waals surface area (Å²) in [6, 6.07) is 1.71. The molecule has 0 atom stereocenters. The molecular formula is C4H3Cl6N. The molecular weight excluding hydrogens is 275 g/mol. The lowest BCUT2D eigenvalue weighted by Gasteiger charge is -2.00. The van der Waals surface area contributed by atoms with Crippen LogP contribution in [0.3, 0.4) is 0 Å². The highest BCUT2D eigenvalue weighted by atomic mass is 35.6. The van der Waals surface area contributed by atoms with Gasteiger partial charge in [-0.3, -0.25) is 0 Å². The first-order valence-electron chi connectivity index (χ1n) is 2.15. The van der Waals surface area contributed by atoms with E-state index in [0.717, 1.165) is 0 Å². The van der Waals surface area contributed by atoms with Crippen LogP contribution in [0.1, 0.15) is 6.42 Å². The zero-order valence-electron chi connectivity index (χ0n) is 5.00. The van der Waals surface area contributed by atoms with Crippen LogP contribution in [0.2, 0.25) is 0 Å². The van der Waals surface area contributed by atoms with Gasteiger partial charge in [0.15, 0.2) is 4.30 Å². The molecule has 11 heavy (non-hydrogen) atoms. The van der Waals surface area contributed by atoms with Crippen LogP contribution in [0, 0.1) is 11.3 Å². The standard InChI is InChI=1S/C3H2Cl3N.CHCl3/c4-3(5,6)1-2-7;2-1(3)4/h1H2;1H. The summed E-state index contributed by atoms with van der Waals surface area (Å²) < 4.78 is -2.14. The van der Waals surface area contributed by atoms with Crippen molar-refractivity contribution in [3.8, 4) is 6.07 Å². The molecule has 0 saturated heterocycles. The van der Waals surface area contributed by atoms with Gasteiger partial charge in [0.2, 0.25) is 3.79 Å². The van der Waals surface area contributed by atoms with Gasteiger partial charge >= 0.3 is 0 Å². The second-order valence-corrected chi connectivity index (χ2v) is 5.69. The number of hydrogen-bond donors (Lipinski definition) is 0. The van der Waals surface area contributed by atoms with Crippen LogP contribution >= 0.6 is 69.6 Å². The van der Waals surface area contributed by atoms with E-state index >= 15 is 0 Å². The number of nitrogens with zero attached hydrogens (tertiary/aromatic N) is 1. The first kappa shape index (κ1) is 14.7. The first-order chi connectivity index (χ1) is 4.79. The lowest BCUT2D eigenvalue weighted by atomic mass is 10.5. The third-order valence-electron chi connectivity index (χ3n) is 0.280. The van der Waals surface area contributed by atoms with Crippen LogP contribution in [0.25, 0.3) is 0 Å². The number of rotatable bonds is 0. The van der Waals surface area contributed by atoms with Crippen molar-refractivity contribution < 1.29 is 0 Å². The van der Waals surface area contributed by atoms with Crippen molar-refractivity contribution in [3.63, 3.8) is 0 Å². The molecule has 0 rings (SSSR count). The Balaban J connectivity index is 0. The maximum Gasteiger partial charge on any atom is 0.203 e. The van der Waals surface area contributed by atoms with Crippen molar-refractivity contribution in [1.82, 2.24) is 0 Å². The summed E-state index contributed by atoms with van der Waals surface area (Å²) >= 11 is 29.8. The van der Waals surface area contributed by atoms with E-state index < -0.39 is 8.09 Å². The molecule has 0 unspecified atom stereocenters. The van der Waals surface area contributed by atoms with Gasteiger partial charge < -0.3 is 0 Å². The summed E-state index contributed by atoms with van der Waals surface area (Å²) in [5.74, 6) is 0. The van der Waals surface area contributed by atoms with Gasteiger partial charge in [0.05, 0.1) is 12.5 Å². The molecule has 0 fully saturated rings. The summed E-state index contributed by atoms with van der Waals surface area (Å²) in [5.41, 5.74) is 0. The van der Waals surface area contributed by atoms with E-state index in [2.05, 4.69) is 0 Å². The maximum absolute atomic E-state index is 7.90. The first-order valence-corrected chi connectivity index (χ1v) is 4.60. The van der Waals surface area contributed by atoms with Gasteiger partial charge in [-0.25, -0.2) is 0 Å². The molecule has 0 N–H and O–H groups in total. The van der Waals surface area contributed by atoms with Crippen LogP contribution < -0.4 is 0 Å². The van der Waals surface area contributed by atoms with E-state index in [4.69, 9.17) is 74.9 Å². The Morgan fingerprint density at radius 3 is 1.45 bits per heavy atom. The summed E-state index contributed by atoms with van der Waals surface area (Å²) in [6.07, 6.45) is -0.0579. The maximum atomic E-state index is 7.90. The Labute approximate surface area is 95.1 Å². The summed E-state index contributed by atoms with van der Waals surface area (Å²) in [7, 11) is 0. The highest BCUT2D eigenvalue weighted by Crippen LogP contribution is 2.28. The molecule has 0 spiro atoms. The lowest BCUT2D eigenvalue weighted by Crippen LogP contribution is -1.97. The quantitative estimate of drug-likeness (QED) is 0.607. The van der Waals surface area contributed by atoms with Gasteiger partial charge in [-0.15, -0.1) is 0 Å². The van der Waals surface area contributed by atoms with E-state index in [-0.39, 0.29) is 6.42 Å². The number of hydrogen-bond acceptors (Lipinski definition) is 1. The lowest BCUT2D eigenvalue weighted by molar-refractivity contribution is 1.08. The van der Waals surface area contributed by atoms with Crippen LogP contribution in [-0.4, -0.2) is 8.09 Å². The molecule has 0 aromatic carbocycles. The molecule has 0 amide bonds. The predicted molar refractivity (Wildman–Crippen MR) is 51.9 cm³/mol. The number of halogens is 6. The summed E-state index contributed by atoms with van der Waals surface area (Å²) in [4.78, 5) is 0. The third-order valence-corrected chi connectivity index (χ3v) is 0.680. The second-order valence-electron chi connectivity index (χ2n) is 1.20. The average Bonchev–Trinajstić information content (AvgIpc) is 1.58. The van der Waals surface area contributed by atoms with Crippen molar-refractivity contribution in [2.24, 2.45) is 0 Å². The zero-order valence-corrected chi connectivity index (χ0v) is 9.54. The zero-order chi connectivity index (χ0) is 9.49. The predicted octanol–water partition coefficient (Wildman–Crippen LogP) is 4.26. The summed E-state index contributed by atoms with van der Waals surface area (Å²) in [5, 5.41) is 7.90. The van der Waals surface area contributed by atoms with Crippen LogP contribution in [0.4, 0.5) is 0 Å². The second kappa shape index (κ2) is 7.86. The largest absolute Gasteiger partial charge is 0.203 e. The fourth-order valence-corrected chi connectivity index (χ4v) is 0.269. The molecule has 0 bridgehead atoms. The smallest absolute Gasteiger partial charge is 0.198 e. The van der Waals surface area contributed by atoms with Gasteiger partial charge in [0, 0.05) is 0 Å². The van der Waals surface area contributed by atoms with Crippen molar-refractivity contribution in [2.75, 3.05) is 0 Å². The summed E-state index contributed by atoms with van der Waals surface area (Å²) in [6.45, 7) is 0. The third kappa shape index (κ3) is 35.0. The number of alkyl halides is 6. The molecule has 0 radical (unpaired) electrons. The molecule has 0 saturated carbocycles. The Hall–Kier alpha value is 1.23. The average molecular weight is 278 g/mol. The van der Waals surface area contributed by atoms with Gasteiger partial charge in [0.1, 0.15) is 0 Å². The monoisotopic (exact) mass is 275 g/mol. The number of nitriles is 1. The fraction of sp³-hybridized carbons (Fsp3) is 0.750. The van der Waals surface area contributed by atoms with E-state index in [1.54, 1.807) is 6.07 Å². The van der Waals surface area contributed by atoms with E-state index in [1.807, 2.05) is 0 Å². The van der Waals surface area contributed by atoms with Crippen molar-refractivity contribution in [2.45, 2.75) is 14.5 Å². The molecule has 0 aliphatic heterocycles. The van der Waals surface area contributed by atoms with Gasteiger partial charge in [-0.1, -0.05) is 69.6 Å². The van der Waals surface area contributed by atoms with Gasteiger partial charge in [0.25, 0.3) is 0 Å². The van der Waals surface area contributed by atoms with Crippen molar-refractivity contribution in [3.05, 3.63) is 0 Å². The minimum absolute atomic E-state index is 0.0579. The SMILES string of the molecule is ClC(Cl)Cl.N#CCC(Cl)(Cl)Cl. The normalized spacial score (nSPS) is 10.0. The molecule has 0 aromatic rings.